The predicted octanol–water partition coefficient (Wildman–Crippen LogP) is 2.67. The number of aryl methyl sites for hydroxylation is 2. The second-order valence-corrected chi connectivity index (χ2v) is 5.69. The number of nitrogens with zero attached hydrogens (tertiary/aromatic N) is 4. The molecule has 0 amide bonds. The van der Waals surface area contributed by atoms with E-state index in [0.29, 0.717) is 0 Å². The van der Waals surface area contributed by atoms with Gasteiger partial charge in [-0.05, 0) is 27.7 Å². The lowest BCUT2D eigenvalue weighted by atomic mass is 10.1. The van der Waals surface area contributed by atoms with Gasteiger partial charge in [-0.2, -0.15) is 0 Å². The summed E-state index contributed by atoms with van der Waals surface area (Å²) in [6, 6.07) is 0. The Hall–Kier alpha value is -1.78. The van der Waals surface area contributed by atoms with Gasteiger partial charge >= 0.3 is 0 Å². The first-order valence-corrected chi connectivity index (χ1v) is 6.78. The third-order valence-corrected chi connectivity index (χ3v) is 3.27. The molecule has 2 aromatic rings. The van der Waals surface area contributed by atoms with E-state index in [0.717, 1.165) is 36.0 Å². The van der Waals surface area contributed by atoms with Gasteiger partial charge < -0.3 is 14.9 Å². The van der Waals surface area contributed by atoms with Crippen molar-refractivity contribution in [2.24, 2.45) is 0 Å². The summed E-state index contributed by atoms with van der Waals surface area (Å²) in [6.45, 7) is 11.5. The maximum atomic E-state index is 6.34. The summed E-state index contributed by atoms with van der Waals surface area (Å²) in [5, 5.41) is 0. The van der Waals surface area contributed by atoms with Gasteiger partial charge in [0.15, 0.2) is 0 Å². The number of hydrogen-bond acceptors (Lipinski definition) is 3. The van der Waals surface area contributed by atoms with Crippen LogP contribution in [0.4, 0.5) is 5.82 Å². The van der Waals surface area contributed by atoms with E-state index in [-0.39, 0.29) is 5.54 Å². The van der Waals surface area contributed by atoms with Crippen LogP contribution < -0.4 is 5.73 Å². The molecule has 0 spiro atoms. The van der Waals surface area contributed by atoms with Gasteiger partial charge in [0.25, 0.3) is 0 Å². The summed E-state index contributed by atoms with van der Waals surface area (Å²) < 4.78 is 4.18. The van der Waals surface area contributed by atoms with Crippen molar-refractivity contribution in [1.29, 1.82) is 0 Å². The first kappa shape index (κ1) is 13.6. The molecule has 2 N–H and O–H groups in total. The van der Waals surface area contributed by atoms with Crippen molar-refractivity contribution in [1.82, 2.24) is 19.1 Å². The fourth-order valence-corrected chi connectivity index (χ4v) is 2.43. The summed E-state index contributed by atoms with van der Waals surface area (Å²) >= 11 is 0. The Balaban J connectivity index is 2.64. The number of nitrogens with two attached hydrogens (primary N) is 1. The van der Waals surface area contributed by atoms with E-state index in [1.807, 2.05) is 12.5 Å². The fourth-order valence-electron chi connectivity index (χ4n) is 2.43. The van der Waals surface area contributed by atoms with E-state index in [4.69, 9.17) is 10.7 Å². The maximum absolute atomic E-state index is 6.34. The van der Waals surface area contributed by atoms with Crippen LogP contribution in [-0.2, 0) is 18.5 Å². The average molecular weight is 261 g/mol. The minimum absolute atomic E-state index is 0.0717. The Kier molecular flexibility index (Phi) is 3.39. The fraction of sp³-hybridized carbons (Fsp3) is 0.571. The highest BCUT2D eigenvalue weighted by molar-refractivity contribution is 5.68. The molecular formula is C14H23N5. The highest BCUT2D eigenvalue weighted by Crippen LogP contribution is 2.31. The van der Waals surface area contributed by atoms with Gasteiger partial charge in [-0.3, -0.25) is 0 Å². The molecule has 0 aliphatic rings. The van der Waals surface area contributed by atoms with Crippen molar-refractivity contribution in [3.8, 4) is 11.4 Å². The lowest BCUT2D eigenvalue weighted by Crippen LogP contribution is -2.25. The summed E-state index contributed by atoms with van der Waals surface area (Å²) in [4.78, 5) is 8.92. The van der Waals surface area contributed by atoms with Crippen LogP contribution in [0.15, 0.2) is 12.5 Å². The van der Waals surface area contributed by atoms with E-state index in [9.17, 15) is 0 Å². The number of anilines is 1. The molecule has 0 atom stereocenters. The molecular weight excluding hydrogens is 238 g/mol. The standard InChI is InChI=1S/C14H23N5/c1-6-11-17-12(10-8-16-9-18(10)7-2)13(15)19(11)14(3,4)5/h8-9H,6-7,15H2,1-5H3. The first-order chi connectivity index (χ1) is 8.90. The Morgan fingerprint density at radius 3 is 2.42 bits per heavy atom. The Bertz CT molecular complexity index is 571. The molecule has 0 aliphatic carbocycles. The zero-order valence-corrected chi connectivity index (χ0v) is 12.4. The van der Waals surface area contributed by atoms with E-state index in [1.54, 1.807) is 0 Å². The molecule has 0 unspecified atom stereocenters. The van der Waals surface area contributed by atoms with Gasteiger partial charge in [0.05, 0.1) is 18.2 Å². The van der Waals surface area contributed by atoms with Crippen LogP contribution in [0.1, 0.15) is 40.4 Å². The van der Waals surface area contributed by atoms with Gasteiger partial charge in [0.2, 0.25) is 0 Å². The third-order valence-electron chi connectivity index (χ3n) is 3.27. The third kappa shape index (κ3) is 2.25. The highest BCUT2D eigenvalue weighted by atomic mass is 15.2. The normalized spacial score (nSPS) is 12.1. The summed E-state index contributed by atoms with van der Waals surface area (Å²) in [5.74, 6) is 1.74. The van der Waals surface area contributed by atoms with Crippen LogP contribution in [0.25, 0.3) is 11.4 Å². The van der Waals surface area contributed by atoms with Gasteiger partial charge in [-0.25, -0.2) is 9.97 Å². The second kappa shape index (κ2) is 4.72. The number of imidazole rings is 2. The molecule has 0 aromatic carbocycles. The molecule has 0 fully saturated rings. The second-order valence-electron chi connectivity index (χ2n) is 5.69. The molecule has 0 radical (unpaired) electrons. The molecule has 5 nitrogen and oxygen atoms in total. The molecule has 0 saturated carbocycles. The molecule has 2 rings (SSSR count). The lowest BCUT2D eigenvalue weighted by Gasteiger charge is -2.24. The molecule has 2 heterocycles. The van der Waals surface area contributed by atoms with E-state index < -0.39 is 0 Å². The van der Waals surface area contributed by atoms with Gasteiger partial charge in [-0.15, -0.1) is 0 Å². The minimum atomic E-state index is -0.0717. The largest absolute Gasteiger partial charge is 0.383 e. The zero-order valence-electron chi connectivity index (χ0n) is 12.4. The van der Waals surface area contributed by atoms with Crippen LogP contribution in [0.5, 0.6) is 0 Å². The Labute approximate surface area is 114 Å². The lowest BCUT2D eigenvalue weighted by molar-refractivity contribution is 0.389. The number of hydrogen-bond donors (Lipinski definition) is 1. The maximum Gasteiger partial charge on any atom is 0.133 e. The van der Waals surface area contributed by atoms with Crippen LogP contribution in [-0.4, -0.2) is 19.1 Å². The predicted molar refractivity (Wildman–Crippen MR) is 77.9 cm³/mol. The quantitative estimate of drug-likeness (QED) is 0.924. The first-order valence-electron chi connectivity index (χ1n) is 6.78. The molecule has 0 bridgehead atoms. The average Bonchev–Trinajstić information content (AvgIpc) is 2.90. The van der Waals surface area contributed by atoms with Crippen molar-refractivity contribution < 1.29 is 0 Å². The summed E-state index contributed by atoms with van der Waals surface area (Å²) in [6.07, 6.45) is 4.51. The van der Waals surface area contributed by atoms with Gasteiger partial charge in [-0.1, -0.05) is 6.92 Å². The highest BCUT2D eigenvalue weighted by Gasteiger charge is 2.24. The van der Waals surface area contributed by atoms with Crippen LogP contribution >= 0.6 is 0 Å². The van der Waals surface area contributed by atoms with Crippen molar-refractivity contribution >= 4 is 5.82 Å². The number of rotatable bonds is 3. The van der Waals surface area contributed by atoms with Gasteiger partial charge in [0.1, 0.15) is 17.3 Å². The van der Waals surface area contributed by atoms with E-state index >= 15 is 0 Å². The number of aromatic nitrogens is 4. The van der Waals surface area contributed by atoms with Crippen molar-refractivity contribution in [2.45, 2.75) is 53.1 Å². The monoisotopic (exact) mass is 261 g/mol. The Morgan fingerprint density at radius 2 is 1.95 bits per heavy atom. The van der Waals surface area contributed by atoms with Crippen molar-refractivity contribution in [3.05, 3.63) is 18.3 Å². The van der Waals surface area contributed by atoms with E-state index in [2.05, 4.69) is 48.7 Å². The Morgan fingerprint density at radius 1 is 1.26 bits per heavy atom. The summed E-state index contributed by atoms with van der Waals surface area (Å²) in [5.41, 5.74) is 8.09. The molecule has 5 heteroatoms. The topological polar surface area (TPSA) is 61.7 Å². The van der Waals surface area contributed by atoms with Gasteiger partial charge in [0, 0.05) is 18.5 Å². The minimum Gasteiger partial charge on any atom is -0.383 e. The van der Waals surface area contributed by atoms with E-state index in [1.165, 1.54) is 0 Å². The zero-order chi connectivity index (χ0) is 14.2. The summed E-state index contributed by atoms with van der Waals surface area (Å²) in [7, 11) is 0. The number of nitrogen functional groups attached to an aromatic ring is 1. The van der Waals surface area contributed by atoms with Crippen LogP contribution in [0.3, 0.4) is 0 Å². The SMILES string of the molecule is CCc1nc(-c2cncn2CC)c(N)n1C(C)(C)C. The molecule has 2 aromatic heterocycles. The molecule has 104 valence electrons. The smallest absolute Gasteiger partial charge is 0.133 e. The molecule has 0 aliphatic heterocycles. The molecule has 0 saturated heterocycles. The van der Waals surface area contributed by atoms with Crippen molar-refractivity contribution in [2.75, 3.05) is 5.73 Å². The van der Waals surface area contributed by atoms with Crippen LogP contribution in [0, 0.1) is 0 Å². The van der Waals surface area contributed by atoms with Crippen LogP contribution in [0.2, 0.25) is 0 Å². The van der Waals surface area contributed by atoms with Crippen molar-refractivity contribution in [3.63, 3.8) is 0 Å². The molecule has 19 heavy (non-hydrogen) atoms.